The summed E-state index contributed by atoms with van der Waals surface area (Å²) in [4.78, 5) is 16.1. The molecule has 0 aliphatic carbocycles. The normalized spacial score (nSPS) is 10.9. The van der Waals surface area contributed by atoms with Crippen LogP contribution in [-0.2, 0) is 16.2 Å². The molecule has 0 fully saturated rings. The van der Waals surface area contributed by atoms with E-state index >= 15 is 0 Å². The fraction of sp³-hybridized carbons (Fsp3) is 0.417. The molecule has 0 bridgehead atoms. The lowest BCUT2D eigenvalue weighted by Gasteiger charge is -2.24. The van der Waals surface area contributed by atoms with Crippen LogP contribution in [0.5, 0.6) is 0 Å². The Morgan fingerprint density at radius 1 is 1.38 bits per heavy atom. The molecule has 88 valence electrons. The van der Waals surface area contributed by atoms with E-state index in [0.717, 1.165) is 10.0 Å². The minimum Gasteiger partial charge on any atom is -0.368 e. The van der Waals surface area contributed by atoms with Crippen molar-refractivity contribution in [2.45, 2.75) is 33.4 Å². The summed E-state index contributed by atoms with van der Waals surface area (Å²) in [7, 11) is 0. The Hall–Kier alpha value is -0.870. The van der Waals surface area contributed by atoms with Crippen molar-refractivity contribution in [2.24, 2.45) is 0 Å². The molecule has 0 saturated carbocycles. The van der Waals surface area contributed by atoms with Gasteiger partial charge in [0.2, 0.25) is 0 Å². The molecular weight excluding hydrogens is 270 g/mol. The molecular formula is C12H16BrNO2. The van der Waals surface area contributed by atoms with Gasteiger partial charge in [0.15, 0.2) is 0 Å². The number of hydroxylamine groups is 2. The van der Waals surface area contributed by atoms with E-state index in [1.165, 1.54) is 6.92 Å². The van der Waals surface area contributed by atoms with E-state index in [4.69, 9.17) is 4.84 Å². The summed E-state index contributed by atoms with van der Waals surface area (Å²) < 4.78 is 1.04. The van der Waals surface area contributed by atoms with Gasteiger partial charge in [0, 0.05) is 17.4 Å². The Kier molecular flexibility index (Phi) is 4.96. The van der Waals surface area contributed by atoms with Crippen molar-refractivity contribution in [2.75, 3.05) is 0 Å². The monoisotopic (exact) mass is 285 g/mol. The highest BCUT2D eigenvalue weighted by Gasteiger charge is 2.13. The van der Waals surface area contributed by atoms with Crippen LogP contribution in [0.25, 0.3) is 0 Å². The van der Waals surface area contributed by atoms with Crippen molar-refractivity contribution in [3.05, 3.63) is 34.3 Å². The van der Waals surface area contributed by atoms with Crippen LogP contribution < -0.4 is 0 Å². The minimum absolute atomic E-state index is 0.160. The number of carbonyl (C=O) groups excluding carboxylic acids is 1. The molecule has 16 heavy (non-hydrogen) atoms. The van der Waals surface area contributed by atoms with Crippen LogP contribution in [0.4, 0.5) is 0 Å². The lowest BCUT2D eigenvalue weighted by molar-refractivity contribution is -0.200. The first-order valence-electron chi connectivity index (χ1n) is 5.18. The van der Waals surface area contributed by atoms with Gasteiger partial charge in [-0.15, -0.1) is 5.06 Å². The van der Waals surface area contributed by atoms with E-state index in [9.17, 15) is 4.79 Å². The number of rotatable bonds is 4. The summed E-state index contributed by atoms with van der Waals surface area (Å²) in [5.74, 6) is -0.286. The molecule has 0 unspecified atom stereocenters. The highest BCUT2D eigenvalue weighted by Crippen LogP contribution is 2.13. The van der Waals surface area contributed by atoms with Gasteiger partial charge in [0.1, 0.15) is 0 Å². The van der Waals surface area contributed by atoms with Crippen LogP contribution in [0, 0.1) is 0 Å². The van der Waals surface area contributed by atoms with Crippen LogP contribution in [0.3, 0.4) is 0 Å². The lowest BCUT2D eigenvalue weighted by atomic mass is 10.2. The lowest BCUT2D eigenvalue weighted by Crippen LogP contribution is -2.32. The molecule has 1 aromatic carbocycles. The second-order valence-corrected chi connectivity index (χ2v) is 4.79. The molecule has 0 aliphatic heterocycles. The van der Waals surface area contributed by atoms with Crippen LogP contribution in [0.2, 0.25) is 0 Å². The van der Waals surface area contributed by atoms with Gasteiger partial charge < -0.3 is 4.84 Å². The summed E-state index contributed by atoms with van der Waals surface area (Å²) in [6.07, 6.45) is 0. The van der Waals surface area contributed by atoms with Crippen molar-refractivity contribution in [3.8, 4) is 0 Å². The highest BCUT2D eigenvalue weighted by atomic mass is 79.9. The summed E-state index contributed by atoms with van der Waals surface area (Å²) in [6, 6.07) is 8.11. The number of carbonyl (C=O) groups is 1. The van der Waals surface area contributed by atoms with Gasteiger partial charge in [-0.2, -0.15) is 0 Å². The van der Waals surface area contributed by atoms with Crippen LogP contribution in [0.15, 0.2) is 28.7 Å². The molecule has 0 atom stereocenters. The Labute approximate surface area is 104 Å². The predicted molar refractivity (Wildman–Crippen MR) is 66.6 cm³/mol. The molecule has 1 rings (SSSR count). The summed E-state index contributed by atoms with van der Waals surface area (Å²) in [6.45, 7) is 5.99. The molecule has 4 heteroatoms. The molecule has 0 aliphatic rings. The zero-order valence-corrected chi connectivity index (χ0v) is 11.3. The predicted octanol–water partition coefficient (Wildman–Crippen LogP) is 3.14. The van der Waals surface area contributed by atoms with Gasteiger partial charge >= 0.3 is 5.97 Å². The third-order valence-corrected chi connectivity index (χ3v) is 2.60. The summed E-state index contributed by atoms with van der Waals surface area (Å²) >= 11 is 3.38. The second kappa shape index (κ2) is 6.01. The maximum atomic E-state index is 10.9. The number of halogens is 1. The largest absolute Gasteiger partial charge is 0.368 e. The molecule has 0 N–H and O–H groups in total. The van der Waals surface area contributed by atoms with E-state index in [2.05, 4.69) is 15.9 Å². The fourth-order valence-electron chi connectivity index (χ4n) is 1.26. The van der Waals surface area contributed by atoms with Crippen LogP contribution in [-0.4, -0.2) is 17.1 Å². The average Bonchev–Trinajstić information content (AvgIpc) is 2.19. The van der Waals surface area contributed by atoms with Crippen molar-refractivity contribution < 1.29 is 9.63 Å². The van der Waals surface area contributed by atoms with E-state index in [-0.39, 0.29) is 12.0 Å². The molecule has 0 saturated heterocycles. The average molecular weight is 286 g/mol. The quantitative estimate of drug-likeness (QED) is 0.796. The summed E-state index contributed by atoms with van der Waals surface area (Å²) in [5.41, 5.74) is 1.11. The molecule has 0 heterocycles. The Morgan fingerprint density at radius 3 is 2.38 bits per heavy atom. The maximum absolute atomic E-state index is 10.9. The van der Waals surface area contributed by atoms with Crippen LogP contribution in [0.1, 0.15) is 26.3 Å². The molecule has 3 nitrogen and oxygen atoms in total. The standard InChI is InChI=1S/C12H16BrNO2/c1-9(2)14(16-10(3)15)8-11-4-6-12(13)7-5-11/h4-7,9H,8H2,1-3H3. The molecule has 0 radical (unpaired) electrons. The third kappa shape index (κ3) is 4.33. The minimum atomic E-state index is -0.286. The zero-order valence-electron chi connectivity index (χ0n) is 9.74. The molecule has 0 spiro atoms. The van der Waals surface area contributed by atoms with Gasteiger partial charge in [-0.25, -0.2) is 0 Å². The number of nitrogens with zero attached hydrogens (tertiary/aromatic N) is 1. The van der Waals surface area contributed by atoms with E-state index < -0.39 is 0 Å². The van der Waals surface area contributed by atoms with Gasteiger partial charge in [0.05, 0.1) is 6.54 Å². The second-order valence-electron chi connectivity index (χ2n) is 3.88. The Bertz CT molecular complexity index is 349. The first-order chi connectivity index (χ1) is 7.49. The fourth-order valence-corrected chi connectivity index (χ4v) is 1.52. The molecule has 0 aromatic heterocycles. The van der Waals surface area contributed by atoms with Gasteiger partial charge in [0.25, 0.3) is 0 Å². The van der Waals surface area contributed by atoms with Crippen molar-refractivity contribution in [1.29, 1.82) is 0 Å². The Balaban J connectivity index is 2.67. The van der Waals surface area contributed by atoms with Gasteiger partial charge in [-0.1, -0.05) is 28.1 Å². The topological polar surface area (TPSA) is 29.5 Å². The zero-order chi connectivity index (χ0) is 12.1. The smallest absolute Gasteiger partial charge is 0.322 e. The third-order valence-electron chi connectivity index (χ3n) is 2.07. The Morgan fingerprint density at radius 2 is 1.94 bits per heavy atom. The summed E-state index contributed by atoms with van der Waals surface area (Å²) in [5, 5.41) is 1.67. The van der Waals surface area contributed by atoms with Crippen molar-refractivity contribution in [3.63, 3.8) is 0 Å². The highest BCUT2D eigenvalue weighted by molar-refractivity contribution is 9.10. The number of benzene rings is 1. The number of hydrogen-bond donors (Lipinski definition) is 0. The maximum Gasteiger partial charge on any atom is 0.322 e. The SMILES string of the molecule is CC(=O)ON(Cc1ccc(Br)cc1)C(C)C. The van der Waals surface area contributed by atoms with Crippen LogP contribution >= 0.6 is 15.9 Å². The van der Waals surface area contributed by atoms with Crippen molar-refractivity contribution in [1.82, 2.24) is 5.06 Å². The van der Waals surface area contributed by atoms with Crippen molar-refractivity contribution >= 4 is 21.9 Å². The first kappa shape index (κ1) is 13.2. The molecule has 0 amide bonds. The van der Waals surface area contributed by atoms with E-state index in [1.54, 1.807) is 5.06 Å². The van der Waals surface area contributed by atoms with E-state index in [1.807, 2.05) is 38.1 Å². The number of hydrogen-bond acceptors (Lipinski definition) is 3. The van der Waals surface area contributed by atoms with Gasteiger partial charge in [-0.05, 0) is 31.5 Å². The van der Waals surface area contributed by atoms with Gasteiger partial charge in [-0.3, -0.25) is 4.79 Å². The first-order valence-corrected chi connectivity index (χ1v) is 5.98. The van der Waals surface area contributed by atoms with E-state index in [0.29, 0.717) is 6.54 Å². The molecule has 1 aromatic rings.